The highest BCUT2D eigenvalue weighted by molar-refractivity contribution is 6.12. The molecule has 9 aromatic rings. The van der Waals surface area contributed by atoms with Crippen LogP contribution < -0.4 is 0 Å². The van der Waals surface area contributed by atoms with Gasteiger partial charge < -0.3 is 4.57 Å². The molecule has 0 saturated carbocycles. The molecule has 3 heterocycles. The van der Waals surface area contributed by atoms with Gasteiger partial charge in [-0.3, -0.25) is 9.55 Å². The van der Waals surface area contributed by atoms with Crippen molar-refractivity contribution in [3.63, 3.8) is 0 Å². The summed E-state index contributed by atoms with van der Waals surface area (Å²) in [5.41, 5.74) is 12.7. The molecule has 0 atom stereocenters. The predicted octanol–water partition coefficient (Wildman–Crippen LogP) is 9.91. The van der Waals surface area contributed by atoms with Crippen LogP contribution in [-0.2, 0) is 6.42 Å². The van der Waals surface area contributed by atoms with Gasteiger partial charge in [-0.2, -0.15) is 0 Å². The first-order chi connectivity index (χ1) is 22.3. The summed E-state index contributed by atoms with van der Waals surface area (Å²) in [6.45, 7) is 0. The Bertz CT molecular complexity index is 2620. The number of aromatic nitrogens is 4. The number of benzene rings is 6. The minimum Gasteiger partial charge on any atom is -0.309 e. The summed E-state index contributed by atoms with van der Waals surface area (Å²) in [5.74, 6) is 0.853. The van der Waals surface area contributed by atoms with Crippen molar-refractivity contribution in [2.45, 2.75) is 6.42 Å². The Morgan fingerprint density at radius 2 is 1.13 bits per heavy atom. The summed E-state index contributed by atoms with van der Waals surface area (Å²) in [6, 6.07) is 50.1. The normalized spacial score (nSPS) is 12.4. The number of hydrogen-bond acceptors (Lipinski definition) is 2. The van der Waals surface area contributed by atoms with Crippen molar-refractivity contribution in [3.05, 3.63) is 157 Å². The zero-order valence-electron chi connectivity index (χ0n) is 24.4. The summed E-state index contributed by atoms with van der Waals surface area (Å²) in [5, 5.41) is 4.92. The summed E-state index contributed by atoms with van der Waals surface area (Å²) >= 11 is 0. The van der Waals surface area contributed by atoms with Gasteiger partial charge in [-0.15, -0.1) is 0 Å². The monoisotopic (exact) mass is 574 g/mol. The van der Waals surface area contributed by atoms with Crippen LogP contribution in [0.4, 0.5) is 0 Å². The average Bonchev–Trinajstić information content (AvgIpc) is 3.75. The number of nitrogens with zero attached hydrogens (tertiary/aromatic N) is 4. The van der Waals surface area contributed by atoms with Crippen molar-refractivity contribution in [2.24, 2.45) is 0 Å². The summed E-state index contributed by atoms with van der Waals surface area (Å²) in [6.07, 6.45) is 2.75. The third kappa shape index (κ3) is 3.54. The molecule has 4 nitrogen and oxygen atoms in total. The van der Waals surface area contributed by atoms with Crippen molar-refractivity contribution in [3.8, 4) is 33.9 Å². The van der Waals surface area contributed by atoms with E-state index in [1.54, 1.807) is 0 Å². The van der Waals surface area contributed by atoms with E-state index < -0.39 is 0 Å². The Kier molecular flexibility index (Phi) is 5.02. The van der Waals surface area contributed by atoms with Crippen LogP contribution in [0, 0.1) is 0 Å². The molecule has 6 aromatic carbocycles. The standard InChI is InChI=1S/C41H26N4/c1-2-11-29(12-3-1)44-36-16-8-7-15-32(36)34-22-26(19-21-38(34)44)27-18-20-33-31-14-6-9-17-37(31)45(39(33)24-27)40-25-42-41-30-13-5-4-10-28(30)23-35(41)43-40/h1-22,24-25H,23H2. The third-order valence-electron chi connectivity index (χ3n) is 9.39. The second-order valence-electron chi connectivity index (χ2n) is 11.9. The zero-order valence-corrected chi connectivity index (χ0v) is 24.4. The van der Waals surface area contributed by atoms with Crippen LogP contribution in [0.1, 0.15) is 11.3 Å². The summed E-state index contributed by atoms with van der Waals surface area (Å²) in [4.78, 5) is 10.2. The molecule has 0 N–H and O–H groups in total. The van der Waals surface area contributed by atoms with Crippen LogP contribution in [0.2, 0.25) is 0 Å². The molecule has 3 aromatic heterocycles. The van der Waals surface area contributed by atoms with Crippen molar-refractivity contribution in [1.29, 1.82) is 0 Å². The van der Waals surface area contributed by atoms with E-state index in [4.69, 9.17) is 9.97 Å². The van der Waals surface area contributed by atoms with Gasteiger partial charge in [0.15, 0.2) is 5.82 Å². The molecular formula is C41H26N4. The average molecular weight is 575 g/mol. The largest absolute Gasteiger partial charge is 0.309 e. The Hall–Kier alpha value is -6.00. The molecule has 0 radical (unpaired) electrons. The highest BCUT2D eigenvalue weighted by atomic mass is 15.1. The Labute approximate surface area is 259 Å². The SMILES string of the molecule is c1ccc(-n2c3ccccc3c3cc(-c4ccc5c6ccccc6n(-c6cnc7c(n6)Cc6ccccc6-7)c5c4)ccc32)cc1. The molecule has 0 bridgehead atoms. The summed E-state index contributed by atoms with van der Waals surface area (Å²) in [7, 11) is 0. The number of para-hydroxylation sites is 3. The fraction of sp³-hybridized carbons (Fsp3) is 0.0244. The van der Waals surface area contributed by atoms with Gasteiger partial charge in [0.2, 0.25) is 0 Å². The van der Waals surface area contributed by atoms with Crippen LogP contribution in [0.5, 0.6) is 0 Å². The van der Waals surface area contributed by atoms with E-state index in [0.717, 1.165) is 34.7 Å². The zero-order chi connectivity index (χ0) is 29.5. The maximum absolute atomic E-state index is 5.22. The lowest BCUT2D eigenvalue weighted by atomic mass is 10.0. The maximum Gasteiger partial charge on any atom is 0.156 e. The molecule has 4 heteroatoms. The first-order valence-corrected chi connectivity index (χ1v) is 15.4. The molecule has 1 aliphatic carbocycles. The molecule has 45 heavy (non-hydrogen) atoms. The van der Waals surface area contributed by atoms with Gasteiger partial charge in [-0.1, -0.05) is 97.1 Å². The van der Waals surface area contributed by atoms with Gasteiger partial charge in [-0.05, 0) is 59.2 Å². The third-order valence-corrected chi connectivity index (χ3v) is 9.39. The smallest absolute Gasteiger partial charge is 0.156 e. The first kappa shape index (κ1) is 24.4. The van der Waals surface area contributed by atoms with E-state index in [9.17, 15) is 0 Å². The van der Waals surface area contributed by atoms with E-state index in [-0.39, 0.29) is 0 Å². The van der Waals surface area contributed by atoms with Crippen molar-refractivity contribution in [2.75, 3.05) is 0 Å². The highest BCUT2D eigenvalue weighted by Gasteiger charge is 2.23. The molecule has 0 aliphatic heterocycles. The molecular weight excluding hydrogens is 548 g/mol. The van der Waals surface area contributed by atoms with E-state index in [1.165, 1.54) is 60.5 Å². The van der Waals surface area contributed by atoms with Crippen molar-refractivity contribution >= 4 is 43.6 Å². The molecule has 210 valence electrons. The molecule has 0 unspecified atom stereocenters. The molecule has 0 spiro atoms. The van der Waals surface area contributed by atoms with Crippen molar-refractivity contribution in [1.82, 2.24) is 19.1 Å². The van der Waals surface area contributed by atoms with Crippen LogP contribution in [0.15, 0.2) is 146 Å². The topological polar surface area (TPSA) is 35.6 Å². The van der Waals surface area contributed by atoms with Crippen molar-refractivity contribution < 1.29 is 0 Å². The lowest BCUT2D eigenvalue weighted by Crippen LogP contribution is -2.01. The van der Waals surface area contributed by atoms with Crippen LogP contribution >= 0.6 is 0 Å². The Morgan fingerprint density at radius 1 is 0.489 bits per heavy atom. The van der Waals surface area contributed by atoms with Gasteiger partial charge in [0.05, 0.1) is 39.7 Å². The molecule has 10 rings (SSSR count). The minimum atomic E-state index is 0.811. The van der Waals surface area contributed by atoms with Gasteiger partial charge in [0.25, 0.3) is 0 Å². The van der Waals surface area contributed by atoms with Gasteiger partial charge in [0, 0.05) is 39.2 Å². The van der Waals surface area contributed by atoms with E-state index in [2.05, 4.69) is 149 Å². The lowest BCUT2D eigenvalue weighted by Gasteiger charge is -2.10. The second kappa shape index (κ2) is 9.25. The second-order valence-corrected chi connectivity index (χ2v) is 11.9. The van der Waals surface area contributed by atoms with E-state index >= 15 is 0 Å². The summed E-state index contributed by atoms with van der Waals surface area (Å²) < 4.78 is 4.64. The van der Waals surface area contributed by atoms with Crippen LogP contribution in [0.25, 0.3) is 77.5 Å². The number of fused-ring (bicyclic) bond motifs is 9. The highest BCUT2D eigenvalue weighted by Crippen LogP contribution is 2.39. The number of hydrogen-bond donors (Lipinski definition) is 0. The fourth-order valence-corrected chi connectivity index (χ4v) is 7.36. The lowest BCUT2D eigenvalue weighted by molar-refractivity contribution is 0.995. The predicted molar refractivity (Wildman–Crippen MR) is 184 cm³/mol. The van der Waals surface area contributed by atoms with Gasteiger partial charge >= 0.3 is 0 Å². The van der Waals surface area contributed by atoms with Gasteiger partial charge in [-0.25, -0.2) is 4.98 Å². The molecule has 1 aliphatic rings. The molecule has 0 fully saturated rings. The van der Waals surface area contributed by atoms with E-state index in [0.29, 0.717) is 0 Å². The Morgan fingerprint density at radius 3 is 2.00 bits per heavy atom. The molecule has 0 amide bonds. The molecule has 0 saturated heterocycles. The maximum atomic E-state index is 5.22. The Balaban J connectivity index is 1.17. The quantitative estimate of drug-likeness (QED) is 0.211. The number of rotatable bonds is 3. The van der Waals surface area contributed by atoms with Crippen LogP contribution in [0.3, 0.4) is 0 Å². The van der Waals surface area contributed by atoms with Crippen LogP contribution in [-0.4, -0.2) is 19.1 Å². The minimum absolute atomic E-state index is 0.811. The van der Waals surface area contributed by atoms with E-state index in [1.807, 2.05) is 6.20 Å². The van der Waals surface area contributed by atoms with Gasteiger partial charge in [0.1, 0.15) is 0 Å². The fourth-order valence-electron chi connectivity index (χ4n) is 7.36. The first-order valence-electron chi connectivity index (χ1n) is 15.4.